The zero-order valence-electron chi connectivity index (χ0n) is 17.7. The van der Waals surface area contributed by atoms with E-state index < -0.39 is 0 Å². The van der Waals surface area contributed by atoms with Crippen LogP contribution in [0.5, 0.6) is 0 Å². The van der Waals surface area contributed by atoms with E-state index in [1.807, 2.05) is 26.0 Å². The number of aromatic nitrogens is 2. The van der Waals surface area contributed by atoms with Crippen LogP contribution >= 0.6 is 35.6 Å². The molecule has 9 nitrogen and oxygen atoms in total. The van der Waals surface area contributed by atoms with Gasteiger partial charge in [-0.1, -0.05) is 28.9 Å². The normalized spacial score (nSPS) is 14.2. The lowest BCUT2D eigenvalue weighted by atomic mass is 10.2. The van der Waals surface area contributed by atoms with Gasteiger partial charge >= 0.3 is 6.09 Å². The molecule has 0 saturated carbocycles. The van der Waals surface area contributed by atoms with E-state index >= 15 is 0 Å². The van der Waals surface area contributed by atoms with Gasteiger partial charge in [0.05, 0.1) is 13.2 Å². The minimum absolute atomic E-state index is 0. The predicted octanol–water partition coefficient (Wildman–Crippen LogP) is 3.29. The van der Waals surface area contributed by atoms with Crippen LogP contribution in [0.3, 0.4) is 0 Å². The van der Waals surface area contributed by atoms with E-state index in [1.54, 1.807) is 17.0 Å². The molecule has 1 aliphatic heterocycles. The molecule has 0 atom stereocenters. The van der Waals surface area contributed by atoms with Gasteiger partial charge in [0.1, 0.15) is 0 Å². The molecule has 1 fully saturated rings. The molecule has 2 aromatic rings. The third-order valence-corrected chi connectivity index (χ3v) is 4.81. The molecule has 1 amide bonds. The Labute approximate surface area is 204 Å². The Hall–Kier alpha value is -2.08. The fraction of sp³-hybridized carbons (Fsp3) is 0.500. The lowest BCUT2D eigenvalue weighted by Crippen LogP contribution is -2.54. The van der Waals surface area contributed by atoms with Crippen LogP contribution in [0, 0.1) is 0 Å². The Morgan fingerprint density at radius 2 is 2.00 bits per heavy atom. The molecule has 2 heterocycles. The van der Waals surface area contributed by atoms with Crippen molar-refractivity contribution in [2.24, 2.45) is 4.99 Å². The van der Waals surface area contributed by atoms with Crippen LogP contribution in [0.15, 0.2) is 33.8 Å². The van der Waals surface area contributed by atoms with Gasteiger partial charge in [-0.15, -0.1) is 24.0 Å². The minimum atomic E-state index is -0.258. The maximum absolute atomic E-state index is 11.9. The summed E-state index contributed by atoms with van der Waals surface area (Å²) in [5.74, 6) is 1.85. The van der Waals surface area contributed by atoms with E-state index in [9.17, 15) is 4.79 Å². The highest BCUT2D eigenvalue weighted by atomic mass is 127. The van der Waals surface area contributed by atoms with Crippen LogP contribution in [-0.4, -0.2) is 77.9 Å². The second-order valence-corrected chi connectivity index (χ2v) is 7.12. The number of rotatable bonds is 6. The summed E-state index contributed by atoms with van der Waals surface area (Å²) in [7, 11) is 0. The first kappa shape index (κ1) is 25.2. The molecule has 0 aliphatic carbocycles. The summed E-state index contributed by atoms with van der Waals surface area (Å²) < 4.78 is 10.4. The number of benzene rings is 1. The van der Waals surface area contributed by atoms with Crippen LogP contribution < -0.4 is 5.32 Å². The van der Waals surface area contributed by atoms with Crippen molar-refractivity contribution >= 4 is 47.6 Å². The highest BCUT2D eigenvalue weighted by Crippen LogP contribution is 2.20. The van der Waals surface area contributed by atoms with Crippen molar-refractivity contribution < 1.29 is 14.1 Å². The van der Waals surface area contributed by atoms with E-state index in [-0.39, 0.29) is 30.1 Å². The van der Waals surface area contributed by atoms with Crippen LogP contribution in [0.2, 0.25) is 5.02 Å². The zero-order valence-corrected chi connectivity index (χ0v) is 20.8. The first-order valence-corrected chi connectivity index (χ1v) is 10.5. The van der Waals surface area contributed by atoms with E-state index in [0.717, 1.165) is 18.1 Å². The lowest BCUT2D eigenvalue weighted by Gasteiger charge is -2.35. The van der Waals surface area contributed by atoms with Gasteiger partial charge in [-0.05, 0) is 26.0 Å². The summed E-state index contributed by atoms with van der Waals surface area (Å²) in [6, 6.07) is 7.34. The Bertz CT molecular complexity index is 870. The topological polar surface area (TPSA) is 96.1 Å². The number of piperazine rings is 1. The van der Waals surface area contributed by atoms with Crippen molar-refractivity contribution in [1.82, 2.24) is 25.3 Å². The summed E-state index contributed by atoms with van der Waals surface area (Å²) in [5.41, 5.74) is 0.814. The molecular weight excluding hydrogens is 535 g/mol. The summed E-state index contributed by atoms with van der Waals surface area (Å²) in [4.78, 5) is 24.8. The number of carbonyl (C=O) groups is 1. The number of ether oxygens (including phenoxy) is 1. The Morgan fingerprint density at radius 3 is 2.68 bits per heavy atom. The molecule has 11 heteroatoms. The summed E-state index contributed by atoms with van der Waals surface area (Å²) >= 11 is 6.02. The number of hydrogen-bond acceptors (Lipinski definition) is 6. The predicted molar refractivity (Wildman–Crippen MR) is 130 cm³/mol. The number of nitrogens with zero attached hydrogens (tertiary/aromatic N) is 5. The van der Waals surface area contributed by atoms with Gasteiger partial charge in [-0.25, -0.2) is 4.79 Å². The maximum Gasteiger partial charge on any atom is 0.409 e. The van der Waals surface area contributed by atoms with Crippen LogP contribution in [0.25, 0.3) is 11.4 Å². The Balaban J connectivity index is 0.00000341. The van der Waals surface area contributed by atoms with E-state index in [2.05, 4.69) is 25.3 Å². The first-order valence-electron chi connectivity index (χ1n) is 10.1. The number of halogens is 2. The average molecular weight is 563 g/mol. The molecule has 0 spiro atoms. The highest BCUT2D eigenvalue weighted by Gasteiger charge is 2.23. The van der Waals surface area contributed by atoms with Crippen molar-refractivity contribution in [3.63, 3.8) is 0 Å². The highest BCUT2D eigenvalue weighted by molar-refractivity contribution is 14.0. The largest absolute Gasteiger partial charge is 0.450 e. The SMILES string of the molecule is CCNC(=NCCc1nc(-c2cccc(Cl)c2)no1)N1CCN(C(=O)OCC)CC1.I. The average Bonchev–Trinajstić information content (AvgIpc) is 3.22. The molecule has 0 bridgehead atoms. The van der Waals surface area contributed by atoms with Gasteiger partial charge in [0, 0.05) is 49.7 Å². The van der Waals surface area contributed by atoms with Gasteiger partial charge in [-0.3, -0.25) is 4.99 Å². The zero-order chi connectivity index (χ0) is 21.3. The second-order valence-electron chi connectivity index (χ2n) is 6.68. The van der Waals surface area contributed by atoms with E-state index in [4.69, 9.17) is 20.9 Å². The van der Waals surface area contributed by atoms with E-state index in [1.165, 1.54) is 0 Å². The second kappa shape index (κ2) is 12.7. The van der Waals surface area contributed by atoms with Crippen LogP contribution in [0.4, 0.5) is 4.79 Å². The van der Waals surface area contributed by atoms with Gasteiger partial charge in [0.15, 0.2) is 5.96 Å². The number of hydrogen-bond donors (Lipinski definition) is 1. The van der Waals surface area contributed by atoms with Gasteiger partial charge < -0.3 is 24.4 Å². The number of guanidine groups is 1. The smallest absolute Gasteiger partial charge is 0.409 e. The van der Waals surface area contributed by atoms with Crippen LogP contribution in [-0.2, 0) is 11.2 Å². The standard InChI is InChI=1S/C20H27ClN6O3.HI/c1-3-22-19(26-10-12-27(13-11-26)20(28)29-4-2)23-9-8-17-24-18(25-30-17)15-6-5-7-16(21)14-15;/h5-7,14H,3-4,8-13H2,1-2H3,(H,22,23);1H. The molecule has 0 unspecified atom stereocenters. The number of nitrogens with one attached hydrogen (secondary N) is 1. The monoisotopic (exact) mass is 562 g/mol. The van der Waals surface area contributed by atoms with Crippen molar-refractivity contribution in [3.8, 4) is 11.4 Å². The number of carbonyl (C=O) groups excluding carboxylic acids is 1. The van der Waals surface area contributed by atoms with Gasteiger partial charge in [0.25, 0.3) is 0 Å². The summed E-state index contributed by atoms with van der Waals surface area (Å²) in [5, 5.41) is 7.95. The number of aliphatic imine (C=N–C) groups is 1. The quantitative estimate of drug-likeness (QED) is 0.328. The van der Waals surface area contributed by atoms with Crippen molar-refractivity contribution in [1.29, 1.82) is 0 Å². The Kier molecular flexibility index (Phi) is 10.3. The molecule has 1 saturated heterocycles. The molecule has 31 heavy (non-hydrogen) atoms. The van der Waals surface area contributed by atoms with Crippen molar-refractivity contribution in [2.75, 3.05) is 45.9 Å². The Morgan fingerprint density at radius 1 is 1.26 bits per heavy atom. The van der Waals surface area contributed by atoms with E-state index in [0.29, 0.717) is 62.5 Å². The van der Waals surface area contributed by atoms with Crippen molar-refractivity contribution in [3.05, 3.63) is 35.2 Å². The molecule has 1 aromatic heterocycles. The number of amides is 1. The fourth-order valence-corrected chi connectivity index (χ4v) is 3.29. The third kappa shape index (κ3) is 7.23. The van der Waals surface area contributed by atoms with Gasteiger partial charge in [-0.2, -0.15) is 4.98 Å². The fourth-order valence-electron chi connectivity index (χ4n) is 3.10. The third-order valence-electron chi connectivity index (χ3n) is 4.58. The maximum atomic E-state index is 11.9. The van der Waals surface area contributed by atoms with Crippen molar-refractivity contribution in [2.45, 2.75) is 20.3 Å². The van der Waals surface area contributed by atoms with Crippen LogP contribution in [0.1, 0.15) is 19.7 Å². The molecule has 170 valence electrons. The molecular formula is C20H28ClIN6O3. The van der Waals surface area contributed by atoms with Gasteiger partial charge in [0.2, 0.25) is 11.7 Å². The lowest BCUT2D eigenvalue weighted by molar-refractivity contribution is 0.0914. The summed E-state index contributed by atoms with van der Waals surface area (Å²) in [6.45, 7) is 8.11. The molecule has 1 aromatic carbocycles. The minimum Gasteiger partial charge on any atom is -0.450 e. The molecule has 1 aliphatic rings. The first-order chi connectivity index (χ1) is 14.6. The summed E-state index contributed by atoms with van der Waals surface area (Å²) in [6.07, 6.45) is 0.275. The molecule has 0 radical (unpaired) electrons. The molecule has 1 N–H and O–H groups in total. The molecule has 3 rings (SSSR count).